The van der Waals surface area contributed by atoms with Crippen LogP contribution in [-0.4, -0.2) is 54.6 Å². The third-order valence-corrected chi connectivity index (χ3v) is 4.95. The Kier molecular flexibility index (Phi) is 7.36. The van der Waals surface area contributed by atoms with E-state index in [1.165, 1.54) is 67.3 Å². The first-order valence-electron chi connectivity index (χ1n) is 11.2. The predicted octanol–water partition coefficient (Wildman–Crippen LogP) is 3.97. The van der Waals surface area contributed by atoms with Crippen LogP contribution in [0, 0.1) is 0 Å². The number of nitrogens with one attached hydrogen (secondary N) is 1. The van der Waals surface area contributed by atoms with E-state index in [1.54, 1.807) is 0 Å². The summed E-state index contributed by atoms with van der Waals surface area (Å²) in [6.07, 6.45) is -0.187. The smallest absolute Gasteiger partial charge is 0.417 e. The highest BCUT2D eigenvalue weighted by Crippen LogP contribution is 2.36. The van der Waals surface area contributed by atoms with Crippen LogP contribution in [0.4, 0.5) is 19.0 Å². The quantitative estimate of drug-likeness (QED) is 0.253. The highest BCUT2D eigenvalue weighted by molar-refractivity contribution is 6.02. The molecule has 0 aliphatic heterocycles. The van der Waals surface area contributed by atoms with Crippen LogP contribution in [0.25, 0.3) is 16.9 Å². The number of anilines is 1. The first kappa shape index (κ1) is 26.0. The Labute approximate surface area is 209 Å². The van der Waals surface area contributed by atoms with E-state index in [1.807, 2.05) is 0 Å². The molecule has 13 heteroatoms. The number of nitrogens with zero attached hydrogens (tertiary/aromatic N) is 5. The number of aliphatic hydroxyl groups is 1. The van der Waals surface area contributed by atoms with Crippen molar-refractivity contribution in [3.05, 3.63) is 66.2 Å². The fourth-order valence-corrected chi connectivity index (χ4v) is 3.32. The SMILES string of the molecule is CC(C)(O)OCCCOc1cncc(C(=O)Nc2cnc3ccc(-c4ccccc4C(F)(F)F)nn23)n1. The van der Waals surface area contributed by atoms with Gasteiger partial charge in [0.1, 0.15) is 0 Å². The average molecular weight is 516 g/mol. The molecule has 194 valence electrons. The Balaban J connectivity index is 1.49. The maximum atomic E-state index is 13.5. The summed E-state index contributed by atoms with van der Waals surface area (Å²) in [5, 5.41) is 16.4. The molecule has 4 rings (SSSR count). The maximum Gasteiger partial charge on any atom is 0.417 e. The van der Waals surface area contributed by atoms with Crippen LogP contribution in [0.3, 0.4) is 0 Å². The van der Waals surface area contributed by atoms with Crippen LogP contribution in [-0.2, 0) is 10.9 Å². The Morgan fingerprint density at radius 2 is 1.86 bits per heavy atom. The van der Waals surface area contributed by atoms with E-state index in [4.69, 9.17) is 9.47 Å². The molecular weight excluding hydrogens is 493 g/mol. The van der Waals surface area contributed by atoms with Gasteiger partial charge in [0.05, 0.1) is 43.1 Å². The van der Waals surface area contributed by atoms with Gasteiger partial charge in [-0.1, -0.05) is 18.2 Å². The Morgan fingerprint density at radius 1 is 1.08 bits per heavy atom. The number of fused-ring (bicyclic) bond motifs is 1. The van der Waals surface area contributed by atoms with E-state index < -0.39 is 23.4 Å². The summed E-state index contributed by atoms with van der Waals surface area (Å²) in [7, 11) is 0. The van der Waals surface area contributed by atoms with Crippen LogP contribution >= 0.6 is 0 Å². The zero-order valence-corrected chi connectivity index (χ0v) is 19.9. The fourth-order valence-electron chi connectivity index (χ4n) is 3.32. The van der Waals surface area contributed by atoms with Crippen molar-refractivity contribution in [1.82, 2.24) is 24.6 Å². The van der Waals surface area contributed by atoms with Crippen LogP contribution < -0.4 is 10.1 Å². The molecule has 37 heavy (non-hydrogen) atoms. The molecule has 2 N–H and O–H groups in total. The summed E-state index contributed by atoms with van der Waals surface area (Å²) in [6, 6.07) is 8.02. The molecule has 10 nitrogen and oxygen atoms in total. The normalized spacial score (nSPS) is 12.1. The van der Waals surface area contributed by atoms with Gasteiger partial charge in [0.25, 0.3) is 5.91 Å². The fraction of sp³-hybridized carbons (Fsp3) is 0.292. The first-order chi connectivity index (χ1) is 17.5. The van der Waals surface area contributed by atoms with Crippen molar-refractivity contribution < 1.29 is 32.5 Å². The number of imidazole rings is 1. The molecule has 1 aromatic carbocycles. The molecule has 0 aliphatic rings. The van der Waals surface area contributed by atoms with Gasteiger partial charge in [-0.3, -0.25) is 9.78 Å². The lowest BCUT2D eigenvalue weighted by molar-refractivity contribution is -0.176. The van der Waals surface area contributed by atoms with Gasteiger partial charge in [0, 0.05) is 12.0 Å². The lowest BCUT2D eigenvalue weighted by Crippen LogP contribution is -2.24. The lowest BCUT2D eigenvalue weighted by atomic mass is 10.0. The van der Waals surface area contributed by atoms with Gasteiger partial charge < -0.3 is 19.9 Å². The van der Waals surface area contributed by atoms with Crippen molar-refractivity contribution in [1.29, 1.82) is 0 Å². The summed E-state index contributed by atoms with van der Waals surface area (Å²) in [5.74, 6) is -1.65. The second kappa shape index (κ2) is 10.5. The van der Waals surface area contributed by atoms with E-state index in [0.29, 0.717) is 12.1 Å². The molecular formula is C24H23F3N6O4. The molecule has 0 radical (unpaired) electrons. The zero-order valence-electron chi connectivity index (χ0n) is 19.9. The highest BCUT2D eigenvalue weighted by atomic mass is 19.4. The van der Waals surface area contributed by atoms with Gasteiger partial charge >= 0.3 is 6.18 Å². The number of rotatable bonds is 9. The number of alkyl halides is 3. The molecule has 3 heterocycles. The summed E-state index contributed by atoms with van der Waals surface area (Å²) >= 11 is 0. The van der Waals surface area contributed by atoms with E-state index in [-0.39, 0.29) is 41.9 Å². The second-order valence-electron chi connectivity index (χ2n) is 8.37. The molecule has 0 saturated heterocycles. The van der Waals surface area contributed by atoms with Crippen molar-refractivity contribution in [2.45, 2.75) is 32.2 Å². The van der Waals surface area contributed by atoms with Gasteiger partial charge in [0.15, 0.2) is 22.9 Å². The van der Waals surface area contributed by atoms with Crippen molar-refractivity contribution in [2.24, 2.45) is 0 Å². The van der Waals surface area contributed by atoms with Gasteiger partial charge in [-0.05, 0) is 32.0 Å². The molecule has 0 saturated carbocycles. The monoisotopic (exact) mass is 516 g/mol. The van der Waals surface area contributed by atoms with Crippen molar-refractivity contribution in [3.63, 3.8) is 0 Å². The lowest BCUT2D eigenvalue weighted by Gasteiger charge is -2.17. The van der Waals surface area contributed by atoms with Gasteiger partial charge in [-0.25, -0.2) is 9.97 Å². The Morgan fingerprint density at radius 3 is 2.62 bits per heavy atom. The molecule has 0 atom stereocenters. The number of hydrogen-bond acceptors (Lipinski definition) is 8. The third kappa shape index (κ3) is 6.57. The molecule has 3 aromatic heterocycles. The number of halogens is 3. The average Bonchev–Trinajstić information content (AvgIpc) is 3.24. The highest BCUT2D eigenvalue weighted by Gasteiger charge is 2.33. The van der Waals surface area contributed by atoms with Crippen molar-refractivity contribution >= 4 is 17.4 Å². The number of aromatic nitrogens is 5. The van der Waals surface area contributed by atoms with Crippen LogP contribution in [0.1, 0.15) is 36.3 Å². The molecule has 1 amide bonds. The van der Waals surface area contributed by atoms with Crippen molar-refractivity contribution in [3.8, 4) is 17.1 Å². The molecule has 0 aliphatic carbocycles. The van der Waals surface area contributed by atoms with Gasteiger partial charge in [0.2, 0.25) is 5.88 Å². The Bertz CT molecular complexity index is 1400. The molecule has 0 unspecified atom stereocenters. The van der Waals surface area contributed by atoms with Gasteiger partial charge in [-0.2, -0.15) is 22.8 Å². The minimum Gasteiger partial charge on any atom is -0.476 e. The number of amides is 1. The summed E-state index contributed by atoms with van der Waals surface area (Å²) in [5.41, 5.74) is -0.616. The third-order valence-electron chi connectivity index (χ3n) is 4.95. The van der Waals surface area contributed by atoms with Crippen molar-refractivity contribution in [2.75, 3.05) is 18.5 Å². The largest absolute Gasteiger partial charge is 0.476 e. The van der Waals surface area contributed by atoms with Gasteiger partial charge in [-0.15, -0.1) is 0 Å². The summed E-state index contributed by atoms with van der Waals surface area (Å²) in [6.45, 7) is 3.51. The number of carbonyl (C=O) groups excluding carboxylic acids is 1. The summed E-state index contributed by atoms with van der Waals surface area (Å²) < 4.78 is 52.3. The van der Waals surface area contributed by atoms with E-state index >= 15 is 0 Å². The molecule has 0 bridgehead atoms. The van der Waals surface area contributed by atoms with Crippen LogP contribution in [0.15, 0.2) is 55.0 Å². The van der Waals surface area contributed by atoms with Crippen LogP contribution in [0.5, 0.6) is 5.88 Å². The molecule has 0 fully saturated rings. The zero-order chi connectivity index (χ0) is 26.6. The predicted molar refractivity (Wildman–Crippen MR) is 126 cm³/mol. The van der Waals surface area contributed by atoms with E-state index in [0.717, 1.165) is 6.07 Å². The van der Waals surface area contributed by atoms with Crippen LogP contribution in [0.2, 0.25) is 0 Å². The summed E-state index contributed by atoms with van der Waals surface area (Å²) in [4.78, 5) is 25.0. The number of carbonyl (C=O) groups is 1. The first-order valence-corrected chi connectivity index (χ1v) is 11.2. The second-order valence-corrected chi connectivity index (χ2v) is 8.37. The number of benzene rings is 1. The van der Waals surface area contributed by atoms with E-state index in [2.05, 4.69) is 25.4 Å². The maximum absolute atomic E-state index is 13.5. The standard InChI is InChI=1S/C24H23F3N6O4/c1-23(2,35)37-11-5-10-36-21-14-28-12-18(30-21)22(34)31-20-13-29-19-9-8-17(32-33(19)20)15-6-3-4-7-16(15)24(25,26)27/h3-4,6-9,12-14,35H,5,10-11H2,1-2H3,(H,31,34). The minimum atomic E-state index is -4.56. The van der Waals surface area contributed by atoms with E-state index in [9.17, 15) is 23.1 Å². The number of hydrogen-bond donors (Lipinski definition) is 2. The Hall–Kier alpha value is -4.10. The number of ether oxygens (including phenoxy) is 2. The molecule has 0 spiro atoms. The minimum absolute atomic E-state index is 0.0534. The molecule has 4 aromatic rings. The topological polar surface area (TPSA) is 124 Å².